The van der Waals surface area contributed by atoms with E-state index in [1.54, 1.807) is 18.2 Å². The fourth-order valence-corrected chi connectivity index (χ4v) is 4.80. The number of nitrogens with zero attached hydrogens (tertiary/aromatic N) is 2. The number of fused-ring (bicyclic) bond motifs is 1. The number of hydrogen-bond acceptors (Lipinski definition) is 5. The molecule has 1 saturated heterocycles. The lowest BCUT2D eigenvalue weighted by atomic mass is 9.89. The van der Waals surface area contributed by atoms with Crippen molar-refractivity contribution in [1.29, 1.82) is 0 Å². The molecule has 0 N–H and O–H groups in total. The zero-order valence-electron chi connectivity index (χ0n) is 18.9. The van der Waals surface area contributed by atoms with E-state index in [0.717, 1.165) is 23.1 Å². The molecule has 2 atom stereocenters. The van der Waals surface area contributed by atoms with Gasteiger partial charge in [0.15, 0.2) is 5.78 Å². The number of hydrogen-bond donors (Lipinski definition) is 0. The lowest BCUT2D eigenvalue weighted by molar-refractivity contribution is -0.137. The zero-order chi connectivity index (χ0) is 26.5. The number of imide groups is 1. The van der Waals surface area contributed by atoms with E-state index in [9.17, 15) is 37.1 Å². The fraction of sp³-hybridized carbons (Fsp3) is 0.148. The van der Waals surface area contributed by atoms with Gasteiger partial charge in [-0.15, -0.1) is 0 Å². The Morgan fingerprint density at radius 3 is 2.08 bits per heavy atom. The standard InChI is InChI=1S/C27H17F3N2O5/c28-27(29,30)18-11-5-7-13-20(18)31-21(33)14-17(25(31)36)22(23(34)15-8-2-1-3-9-15)32-19-12-6-4-10-16(19)24(35)26(32)37/h1-13,17,22H,14H2/t17-,22+/m0/s1. The van der Waals surface area contributed by atoms with Crippen molar-refractivity contribution in [3.63, 3.8) is 0 Å². The van der Waals surface area contributed by atoms with Gasteiger partial charge in [-0.3, -0.25) is 28.9 Å². The molecule has 3 aromatic rings. The molecule has 0 spiro atoms. The van der Waals surface area contributed by atoms with E-state index in [-0.39, 0.29) is 16.8 Å². The third-order valence-electron chi connectivity index (χ3n) is 6.44. The normalized spacial score (nSPS) is 18.4. The molecule has 186 valence electrons. The van der Waals surface area contributed by atoms with Crippen LogP contribution in [-0.4, -0.2) is 35.3 Å². The van der Waals surface area contributed by atoms with Gasteiger partial charge in [-0.1, -0.05) is 54.6 Å². The Morgan fingerprint density at radius 2 is 1.41 bits per heavy atom. The van der Waals surface area contributed by atoms with Crippen LogP contribution in [0.15, 0.2) is 78.9 Å². The second-order valence-corrected chi connectivity index (χ2v) is 8.59. The van der Waals surface area contributed by atoms with E-state index in [1.807, 2.05) is 0 Å². The maximum atomic E-state index is 13.7. The van der Waals surface area contributed by atoms with Crippen LogP contribution in [0.4, 0.5) is 24.5 Å². The summed E-state index contributed by atoms with van der Waals surface area (Å²) >= 11 is 0. The molecule has 0 bridgehead atoms. The van der Waals surface area contributed by atoms with Gasteiger partial charge in [0.2, 0.25) is 11.8 Å². The predicted octanol–water partition coefficient (Wildman–Crippen LogP) is 4.07. The van der Waals surface area contributed by atoms with Crippen molar-refractivity contribution < 1.29 is 37.1 Å². The Kier molecular flexibility index (Phi) is 5.74. The van der Waals surface area contributed by atoms with E-state index in [4.69, 9.17) is 0 Å². The average molecular weight is 506 g/mol. The van der Waals surface area contributed by atoms with Crippen LogP contribution in [0.25, 0.3) is 0 Å². The second-order valence-electron chi connectivity index (χ2n) is 8.59. The molecule has 2 aliphatic heterocycles. The highest BCUT2D eigenvalue weighted by molar-refractivity contribution is 6.53. The molecule has 37 heavy (non-hydrogen) atoms. The number of ketones is 2. The van der Waals surface area contributed by atoms with Crippen LogP contribution in [0.3, 0.4) is 0 Å². The number of para-hydroxylation sites is 2. The van der Waals surface area contributed by atoms with Gasteiger partial charge in [-0.05, 0) is 24.3 Å². The van der Waals surface area contributed by atoms with E-state index in [0.29, 0.717) is 4.90 Å². The highest BCUT2D eigenvalue weighted by Crippen LogP contribution is 2.42. The number of carbonyl (C=O) groups is 5. The molecular formula is C27H17F3N2O5. The first-order chi connectivity index (χ1) is 17.6. The molecule has 1 fully saturated rings. The van der Waals surface area contributed by atoms with Crippen molar-refractivity contribution in [3.05, 3.63) is 95.6 Å². The number of benzene rings is 3. The molecule has 2 aliphatic rings. The number of Topliss-reactive ketones (excluding diaryl/α,β-unsaturated/α-hetero) is 2. The molecule has 5 rings (SSSR count). The molecule has 7 nitrogen and oxygen atoms in total. The number of alkyl halides is 3. The Hall–Kier alpha value is -4.60. The van der Waals surface area contributed by atoms with Crippen LogP contribution in [0.1, 0.15) is 32.7 Å². The van der Waals surface area contributed by atoms with Crippen molar-refractivity contribution in [2.45, 2.75) is 18.6 Å². The average Bonchev–Trinajstić information content (AvgIpc) is 3.32. The third-order valence-corrected chi connectivity index (χ3v) is 6.44. The molecular weight excluding hydrogens is 489 g/mol. The van der Waals surface area contributed by atoms with Crippen molar-refractivity contribution in [2.75, 3.05) is 9.80 Å². The first-order valence-electron chi connectivity index (χ1n) is 11.2. The summed E-state index contributed by atoms with van der Waals surface area (Å²) < 4.78 is 41.0. The lowest BCUT2D eigenvalue weighted by Gasteiger charge is -2.30. The summed E-state index contributed by atoms with van der Waals surface area (Å²) in [5.41, 5.74) is -1.65. The minimum absolute atomic E-state index is 0.0226. The van der Waals surface area contributed by atoms with Gasteiger partial charge in [0.25, 0.3) is 11.7 Å². The van der Waals surface area contributed by atoms with Gasteiger partial charge in [-0.2, -0.15) is 13.2 Å². The molecule has 3 amide bonds. The largest absolute Gasteiger partial charge is 0.418 e. The topological polar surface area (TPSA) is 91.8 Å². The van der Waals surface area contributed by atoms with Crippen molar-refractivity contribution >= 4 is 40.7 Å². The quantitative estimate of drug-likeness (QED) is 0.296. The SMILES string of the molecule is O=C1C(=O)N([C@@H](C(=O)c2ccccc2)[C@@H]2CC(=O)N(c3ccccc3C(F)(F)F)C2=O)c2ccccc21. The van der Waals surface area contributed by atoms with Gasteiger partial charge in [-0.25, -0.2) is 4.90 Å². The van der Waals surface area contributed by atoms with E-state index < -0.39 is 65.1 Å². The molecule has 10 heteroatoms. The highest BCUT2D eigenvalue weighted by Gasteiger charge is 2.53. The molecule has 0 unspecified atom stereocenters. The van der Waals surface area contributed by atoms with E-state index in [2.05, 4.69) is 0 Å². The Balaban J connectivity index is 1.63. The molecule has 3 aromatic carbocycles. The summed E-state index contributed by atoms with van der Waals surface area (Å²) in [6, 6.07) is 16.0. The van der Waals surface area contributed by atoms with Crippen molar-refractivity contribution in [1.82, 2.24) is 0 Å². The lowest BCUT2D eigenvalue weighted by Crippen LogP contribution is -2.51. The summed E-state index contributed by atoms with van der Waals surface area (Å²) in [6.45, 7) is 0. The summed E-state index contributed by atoms with van der Waals surface area (Å²) in [5, 5.41) is 0. The van der Waals surface area contributed by atoms with E-state index >= 15 is 0 Å². The molecule has 0 saturated carbocycles. The Labute approximate surface area is 208 Å². The summed E-state index contributed by atoms with van der Waals surface area (Å²) in [5.74, 6) is -6.23. The smallest absolute Gasteiger partial charge is 0.293 e. The molecule has 2 heterocycles. The van der Waals surface area contributed by atoms with Crippen LogP contribution in [0.5, 0.6) is 0 Å². The van der Waals surface area contributed by atoms with Crippen molar-refractivity contribution in [2.24, 2.45) is 5.92 Å². The van der Waals surface area contributed by atoms with Gasteiger partial charge >= 0.3 is 6.18 Å². The highest BCUT2D eigenvalue weighted by atomic mass is 19.4. The summed E-state index contributed by atoms with van der Waals surface area (Å²) in [4.78, 5) is 67.4. The summed E-state index contributed by atoms with van der Waals surface area (Å²) in [7, 11) is 0. The number of amides is 3. The number of carbonyl (C=O) groups excluding carboxylic acids is 5. The van der Waals surface area contributed by atoms with Crippen LogP contribution in [-0.2, 0) is 20.6 Å². The molecule has 0 aromatic heterocycles. The maximum absolute atomic E-state index is 13.7. The molecule has 0 aliphatic carbocycles. The first kappa shape index (κ1) is 24.1. The second kappa shape index (κ2) is 8.81. The Morgan fingerprint density at radius 1 is 0.811 bits per heavy atom. The minimum Gasteiger partial charge on any atom is -0.293 e. The van der Waals surface area contributed by atoms with E-state index in [1.165, 1.54) is 42.5 Å². The van der Waals surface area contributed by atoms with Crippen LogP contribution in [0.2, 0.25) is 0 Å². The van der Waals surface area contributed by atoms with Gasteiger partial charge in [0.05, 0.1) is 28.4 Å². The number of anilines is 2. The van der Waals surface area contributed by atoms with Crippen LogP contribution < -0.4 is 9.80 Å². The van der Waals surface area contributed by atoms with Gasteiger partial charge < -0.3 is 0 Å². The fourth-order valence-electron chi connectivity index (χ4n) is 4.80. The predicted molar refractivity (Wildman–Crippen MR) is 125 cm³/mol. The molecule has 0 radical (unpaired) electrons. The maximum Gasteiger partial charge on any atom is 0.418 e. The number of halogens is 3. The monoisotopic (exact) mass is 506 g/mol. The number of rotatable bonds is 5. The third kappa shape index (κ3) is 3.90. The zero-order valence-corrected chi connectivity index (χ0v) is 18.9. The van der Waals surface area contributed by atoms with Gasteiger partial charge in [0.1, 0.15) is 6.04 Å². The Bertz CT molecular complexity index is 1470. The minimum atomic E-state index is -4.86. The summed E-state index contributed by atoms with van der Waals surface area (Å²) in [6.07, 6.45) is -5.49. The van der Waals surface area contributed by atoms with Crippen LogP contribution in [0, 0.1) is 5.92 Å². The first-order valence-corrected chi connectivity index (χ1v) is 11.2. The van der Waals surface area contributed by atoms with Gasteiger partial charge in [0, 0.05) is 12.0 Å². The van der Waals surface area contributed by atoms with Crippen molar-refractivity contribution in [3.8, 4) is 0 Å². The van der Waals surface area contributed by atoms with Crippen LogP contribution >= 0.6 is 0 Å².